The van der Waals surface area contributed by atoms with Crippen molar-refractivity contribution in [2.24, 2.45) is 0 Å². The van der Waals surface area contributed by atoms with Gasteiger partial charge in [-0.25, -0.2) is 4.39 Å². The monoisotopic (exact) mass is 426 g/mol. The minimum absolute atomic E-state index is 0.0144. The van der Waals surface area contributed by atoms with E-state index in [4.69, 9.17) is 30.5 Å². The second kappa shape index (κ2) is 8.18. The Hall–Kier alpha value is -1.97. The predicted octanol–water partition coefficient (Wildman–Crippen LogP) is 3.39. The van der Waals surface area contributed by atoms with E-state index in [1.54, 1.807) is 10.6 Å². The molecular weight excluding hydrogens is 410 g/mol. The number of nitrogens with one attached hydrogen (secondary N) is 1. The molecule has 1 aromatic heterocycles. The van der Waals surface area contributed by atoms with Gasteiger partial charge in [0.25, 0.3) is 5.56 Å². The van der Waals surface area contributed by atoms with E-state index in [1.807, 2.05) is 0 Å². The maximum Gasteiger partial charge on any atom is 0.397 e. The van der Waals surface area contributed by atoms with Crippen molar-refractivity contribution in [2.75, 3.05) is 6.61 Å². The molecule has 1 aromatic carbocycles. The molecule has 28 heavy (non-hydrogen) atoms. The van der Waals surface area contributed by atoms with Crippen LogP contribution in [0.25, 0.3) is 0 Å². The SMILES string of the molecule is O=Cc1cn(C2CCC(COP3OCc4cc(F)ccc4O3)O2)c(=S)[nH]c1=O. The van der Waals surface area contributed by atoms with Crippen molar-refractivity contribution in [3.8, 4) is 5.75 Å². The van der Waals surface area contributed by atoms with E-state index < -0.39 is 20.4 Å². The summed E-state index contributed by atoms with van der Waals surface area (Å²) in [6.45, 7) is 0.462. The zero-order valence-corrected chi connectivity index (χ0v) is 16.2. The number of aldehydes is 1. The van der Waals surface area contributed by atoms with Gasteiger partial charge < -0.3 is 9.26 Å². The lowest BCUT2D eigenvalue weighted by Gasteiger charge is -2.24. The number of rotatable bonds is 5. The van der Waals surface area contributed by atoms with Crippen LogP contribution in [0, 0.1) is 10.6 Å². The van der Waals surface area contributed by atoms with Crippen LogP contribution < -0.4 is 10.1 Å². The van der Waals surface area contributed by atoms with E-state index in [1.165, 1.54) is 18.3 Å². The first kappa shape index (κ1) is 19.4. The van der Waals surface area contributed by atoms with Crippen LogP contribution in [-0.2, 0) is 20.4 Å². The summed E-state index contributed by atoms with van der Waals surface area (Å²) < 4.78 is 37.7. The van der Waals surface area contributed by atoms with Crippen LogP contribution >= 0.6 is 20.8 Å². The van der Waals surface area contributed by atoms with E-state index in [-0.39, 0.29) is 35.5 Å². The number of hydrogen-bond donors (Lipinski definition) is 1. The maximum atomic E-state index is 13.2. The number of fused-ring (bicyclic) bond motifs is 1. The molecule has 148 valence electrons. The molecule has 4 rings (SSSR count). The molecule has 3 unspecified atom stereocenters. The van der Waals surface area contributed by atoms with Gasteiger partial charge in [-0.2, -0.15) is 0 Å². The molecule has 8 nitrogen and oxygen atoms in total. The average molecular weight is 426 g/mol. The zero-order chi connectivity index (χ0) is 19.7. The summed E-state index contributed by atoms with van der Waals surface area (Å²) in [6.07, 6.45) is 2.60. The molecule has 2 aromatic rings. The molecule has 2 aliphatic heterocycles. The number of halogens is 1. The number of nitrogens with zero attached hydrogens (tertiary/aromatic N) is 1. The fraction of sp³-hybridized carbons (Fsp3) is 0.353. The van der Waals surface area contributed by atoms with Gasteiger partial charge in [0.15, 0.2) is 11.1 Å². The van der Waals surface area contributed by atoms with Crippen molar-refractivity contribution in [3.05, 3.63) is 56.5 Å². The second-order valence-electron chi connectivity index (χ2n) is 6.30. The quantitative estimate of drug-likeness (QED) is 0.445. The molecule has 2 aliphatic rings. The smallest absolute Gasteiger partial charge is 0.397 e. The summed E-state index contributed by atoms with van der Waals surface area (Å²) in [4.78, 5) is 25.1. The Kier molecular flexibility index (Phi) is 5.65. The predicted molar refractivity (Wildman–Crippen MR) is 99.1 cm³/mol. The van der Waals surface area contributed by atoms with E-state index in [2.05, 4.69) is 4.98 Å². The highest BCUT2D eigenvalue weighted by molar-refractivity contribution is 7.71. The lowest BCUT2D eigenvalue weighted by atomic mass is 10.2. The van der Waals surface area contributed by atoms with Crippen molar-refractivity contribution >= 4 is 27.1 Å². The van der Waals surface area contributed by atoms with Crippen LogP contribution in [0.4, 0.5) is 4.39 Å². The summed E-state index contributed by atoms with van der Waals surface area (Å²) >= 11 is 5.15. The topological polar surface area (TPSA) is 91.8 Å². The Labute approximate surface area is 165 Å². The van der Waals surface area contributed by atoms with Gasteiger partial charge in [0.2, 0.25) is 0 Å². The molecule has 1 fully saturated rings. The van der Waals surface area contributed by atoms with Crippen LogP contribution in [0.15, 0.2) is 29.2 Å². The summed E-state index contributed by atoms with van der Waals surface area (Å²) in [7, 11) is -1.59. The number of aromatic amines is 1. The van der Waals surface area contributed by atoms with Crippen LogP contribution in [0.3, 0.4) is 0 Å². The third kappa shape index (κ3) is 4.06. The van der Waals surface area contributed by atoms with Gasteiger partial charge in [0, 0.05) is 11.8 Å². The molecule has 0 saturated carbocycles. The van der Waals surface area contributed by atoms with Crippen LogP contribution in [0.1, 0.15) is 35.0 Å². The molecule has 0 spiro atoms. The summed E-state index contributed by atoms with van der Waals surface area (Å²) in [5.74, 6) is 0.201. The van der Waals surface area contributed by atoms with E-state index in [0.717, 1.165) is 0 Å². The molecule has 1 saturated heterocycles. The number of benzene rings is 1. The lowest BCUT2D eigenvalue weighted by Crippen LogP contribution is -2.22. The van der Waals surface area contributed by atoms with Gasteiger partial charge in [-0.15, -0.1) is 0 Å². The molecule has 0 amide bonds. The number of aromatic nitrogens is 2. The molecule has 3 atom stereocenters. The molecule has 1 N–H and O–H groups in total. The summed E-state index contributed by atoms with van der Waals surface area (Å²) in [5, 5.41) is 0. The van der Waals surface area contributed by atoms with Crippen LogP contribution in [-0.4, -0.2) is 28.5 Å². The van der Waals surface area contributed by atoms with Gasteiger partial charge in [-0.05, 0) is 43.3 Å². The molecular formula is C17H16FN2O6PS. The van der Waals surface area contributed by atoms with Crippen molar-refractivity contribution in [2.45, 2.75) is 31.8 Å². The van der Waals surface area contributed by atoms with Crippen LogP contribution in [0.2, 0.25) is 0 Å². The third-order valence-corrected chi connectivity index (χ3v) is 5.76. The molecule has 11 heteroatoms. The minimum atomic E-state index is -1.59. The highest BCUT2D eigenvalue weighted by Crippen LogP contribution is 2.47. The van der Waals surface area contributed by atoms with Gasteiger partial charge >= 0.3 is 8.60 Å². The van der Waals surface area contributed by atoms with Crippen molar-refractivity contribution in [3.63, 3.8) is 0 Å². The van der Waals surface area contributed by atoms with E-state index in [9.17, 15) is 14.0 Å². The Morgan fingerprint density at radius 3 is 3.11 bits per heavy atom. The third-order valence-electron chi connectivity index (χ3n) is 4.40. The standard InChI is InChI=1S/C17H16FN2O6PS/c18-12-1-3-14-10(5-12)8-23-27(26-14)24-9-13-2-4-15(25-13)20-6-11(7-21)16(22)19-17(20)28/h1,3,5-7,13,15H,2,4,8-9H2,(H,19,22,28). The average Bonchev–Trinajstić information content (AvgIpc) is 3.15. The number of carbonyl (C=O) groups is 1. The Morgan fingerprint density at radius 1 is 1.43 bits per heavy atom. The maximum absolute atomic E-state index is 13.2. The van der Waals surface area contributed by atoms with Gasteiger partial charge in [0.05, 0.1) is 24.9 Å². The number of ether oxygens (including phenoxy) is 1. The first-order valence-electron chi connectivity index (χ1n) is 8.52. The van der Waals surface area contributed by atoms with E-state index >= 15 is 0 Å². The Balaban J connectivity index is 1.35. The highest BCUT2D eigenvalue weighted by Gasteiger charge is 2.30. The minimum Gasteiger partial charge on any atom is -0.426 e. The zero-order valence-electron chi connectivity index (χ0n) is 14.5. The van der Waals surface area contributed by atoms with Crippen molar-refractivity contribution < 1.29 is 27.5 Å². The molecule has 0 bridgehead atoms. The number of carbonyl (C=O) groups excluding carboxylic acids is 1. The second-order valence-corrected chi connectivity index (χ2v) is 7.83. The Bertz CT molecular complexity index is 1010. The number of hydrogen-bond acceptors (Lipinski definition) is 7. The molecule has 3 heterocycles. The lowest BCUT2D eigenvalue weighted by molar-refractivity contribution is -0.0220. The summed E-state index contributed by atoms with van der Waals surface area (Å²) in [5.41, 5.74) is 0.0983. The molecule has 0 radical (unpaired) electrons. The van der Waals surface area contributed by atoms with Gasteiger partial charge in [0.1, 0.15) is 17.8 Å². The summed E-state index contributed by atoms with van der Waals surface area (Å²) in [6, 6.07) is 4.24. The van der Waals surface area contributed by atoms with Gasteiger partial charge in [-0.3, -0.25) is 28.2 Å². The normalized spacial score (nSPS) is 23.8. The first-order valence-corrected chi connectivity index (χ1v) is 10.0. The first-order chi connectivity index (χ1) is 13.5. The molecule has 0 aliphatic carbocycles. The highest BCUT2D eigenvalue weighted by atomic mass is 32.1. The fourth-order valence-corrected chi connectivity index (χ4v) is 4.31. The van der Waals surface area contributed by atoms with Crippen molar-refractivity contribution in [1.29, 1.82) is 0 Å². The van der Waals surface area contributed by atoms with Crippen molar-refractivity contribution in [1.82, 2.24) is 9.55 Å². The largest absolute Gasteiger partial charge is 0.426 e. The van der Waals surface area contributed by atoms with E-state index in [0.29, 0.717) is 30.4 Å². The number of H-pyrrole nitrogens is 1. The van der Waals surface area contributed by atoms with Crippen LogP contribution in [0.5, 0.6) is 5.75 Å². The van der Waals surface area contributed by atoms with Gasteiger partial charge in [-0.1, -0.05) is 0 Å². The fourth-order valence-electron chi connectivity index (χ4n) is 3.00. The Morgan fingerprint density at radius 2 is 2.29 bits per heavy atom.